The number of halogens is 1. The maximum absolute atomic E-state index is 14.2. The van der Waals surface area contributed by atoms with Crippen molar-refractivity contribution in [1.29, 1.82) is 0 Å². The van der Waals surface area contributed by atoms with Crippen LogP contribution in [0.15, 0.2) is 41.8 Å². The predicted molar refractivity (Wildman–Crippen MR) is 141 cm³/mol. The molecular weight excluding hydrogens is 511 g/mol. The van der Waals surface area contributed by atoms with E-state index in [1.165, 1.54) is 13.8 Å². The molecule has 12 heteroatoms. The van der Waals surface area contributed by atoms with E-state index in [0.717, 1.165) is 51.6 Å². The third-order valence-corrected chi connectivity index (χ3v) is 8.31. The summed E-state index contributed by atoms with van der Waals surface area (Å²) in [6.07, 6.45) is 10.3. The number of carbonyl (C=O) groups is 1. The van der Waals surface area contributed by atoms with Crippen molar-refractivity contribution in [1.82, 2.24) is 24.9 Å². The second-order valence-corrected chi connectivity index (χ2v) is 12.1. The van der Waals surface area contributed by atoms with Crippen LogP contribution in [0.3, 0.4) is 0 Å². The summed E-state index contributed by atoms with van der Waals surface area (Å²) in [6, 6.07) is 3.94. The van der Waals surface area contributed by atoms with Crippen LogP contribution in [-0.4, -0.2) is 58.4 Å². The molecule has 0 aliphatic heterocycles. The van der Waals surface area contributed by atoms with E-state index < -0.39 is 15.7 Å². The van der Waals surface area contributed by atoms with Crippen molar-refractivity contribution in [3.63, 3.8) is 0 Å². The number of sulfonamides is 1. The maximum atomic E-state index is 14.2. The Labute approximate surface area is 219 Å². The van der Waals surface area contributed by atoms with Crippen LogP contribution in [-0.2, 0) is 27.7 Å². The first-order chi connectivity index (χ1) is 18.1. The number of pyridine rings is 2. The van der Waals surface area contributed by atoms with Gasteiger partial charge in [-0.15, -0.1) is 0 Å². The number of hydrogen-bond acceptors (Lipinski definition) is 7. The van der Waals surface area contributed by atoms with Crippen LogP contribution in [0.4, 0.5) is 10.1 Å². The number of alkyl halides is 1. The number of aromatic amines is 1. The minimum Gasteiger partial charge on any atom is -0.483 e. The van der Waals surface area contributed by atoms with Crippen LogP contribution < -0.4 is 10.0 Å². The molecule has 1 fully saturated rings. The number of H-pyrrole nitrogens is 1. The number of rotatable bonds is 7. The highest BCUT2D eigenvalue weighted by Gasteiger charge is 2.33. The van der Waals surface area contributed by atoms with Gasteiger partial charge in [0.25, 0.3) is 6.47 Å². The Morgan fingerprint density at radius 1 is 1.16 bits per heavy atom. The molecule has 3 heterocycles. The van der Waals surface area contributed by atoms with Gasteiger partial charge in [-0.25, -0.2) is 17.5 Å². The summed E-state index contributed by atoms with van der Waals surface area (Å²) in [4.78, 5) is 17.5. The third kappa shape index (κ3) is 5.32. The van der Waals surface area contributed by atoms with Gasteiger partial charge in [0.2, 0.25) is 10.0 Å². The molecule has 38 heavy (non-hydrogen) atoms. The van der Waals surface area contributed by atoms with E-state index in [-0.39, 0.29) is 24.0 Å². The molecule has 0 bridgehead atoms. The fourth-order valence-electron chi connectivity index (χ4n) is 4.92. The summed E-state index contributed by atoms with van der Waals surface area (Å²) >= 11 is 0. The first-order valence-corrected chi connectivity index (χ1v) is 13.8. The lowest BCUT2D eigenvalue weighted by Gasteiger charge is -2.18. The molecule has 0 amide bonds. The average molecular weight is 541 g/mol. The van der Waals surface area contributed by atoms with Crippen molar-refractivity contribution < 1.29 is 22.7 Å². The molecule has 3 aromatic heterocycles. The topological polar surface area (TPSA) is 150 Å². The fraction of sp³-hybridized carbons (Fsp3) is 0.385. The maximum Gasteiger partial charge on any atom is 0.290 e. The molecule has 1 aromatic carbocycles. The summed E-state index contributed by atoms with van der Waals surface area (Å²) in [5.74, 6) is 0.387. The minimum atomic E-state index is -3.96. The van der Waals surface area contributed by atoms with Gasteiger partial charge in [0.15, 0.2) is 0 Å². The Balaban J connectivity index is 0.000000937. The SMILES string of the molecule is CC(C)(F)CNS(=O)(=O)c1c2c(cc3cnc(C4CC4)cc13)CC(Nc1cncc3[nH]ncc13)C2.O=CO. The standard InChI is InChI=1S/C25H27FN6O2S.CH2O2/c1-25(2,26)13-30-35(33,34)24-18-7-17(31-22-11-27-12-23-20(22)10-29-32-23)6-15(18)5-16-9-28-21(8-19(16)24)14-3-4-14;2-1-3/h5,8-12,14,17,30-31H,3-4,6-7,13H2,1-2H3,(H,29,32);1H,(H,2,3). The van der Waals surface area contributed by atoms with Crippen LogP contribution in [0.1, 0.15) is 49.4 Å². The first kappa shape index (κ1) is 26.0. The summed E-state index contributed by atoms with van der Waals surface area (Å²) in [5.41, 5.74) is 2.67. The van der Waals surface area contributed by atoms with Gasteiger partial charge < -0.3 is 10.4 Å². The van der Waals surface area contributed by atoms with Crippen molar-refractivity contribution in [3.05, 3.63) is 53.7 Å². The molecule has 2 aliphatic rings. The molecule has 1 unspecified atom stereocenters. The number of nitrogens with zero attached hydrogens (tertiary/aromatic N) is 3. The van der Waals surface area contributed by atoms with Crippen molar-refractivity contribution >= 4 is 43.9 Å². The highest BCUT2D eigenvalue weighted by molar-refractivity contribution is 7.89. The van der Waals surface area contributed by atoms with E-state index in [1.807, 2.05) is 12.1 Å². The van der Waals surface area contributed by atoms with E-state index in [4.69, 9.17) is 9.90 Å². The van der Waals surface area contributed by atoms with Crippen LogP contribution in [0, 0.1) is 0 Å². The molecular formula is C26H29FN6O4S. The van der Waals surface area contributed by atoms with Gasteiger partial charge in [0.05, 0.1) is 34.7 Å². The van der Waals surface area contributed by atoms with E-state index in [9.17, 15) is 12.8 Å². The Kier molecular flexibility index (Phi) is 6.78. The van der Waals surface area contributed by atoms with Crippen LogP contribution >= 0.6 is 0 Å². The fourth-order valence-corrected chi connectivity index (χ4v) is 6.60. The smallest absolute Gasteiger partial charge is 0.290 e. The molecule has 1 atom stereocenters. The predicted octanol–water partition coefficient (Wildman–Crippen LogP) is 3.69. The van der Waals surface area contributed by atoms with Crippen molar-refractivity contribution in [2.45, 2.75) is 62.1 Å². The molecule has 4 aromatic rings. The molecule has 0 saturated heterocycles. The van der Waals surface area contributed by atoms with E-state index >= 15 is 0 Å². The number of carboxylic acid groups (broad SMARTS) is 1. The number of aromatic nitrogens is 4. The Morgan fingerprint density at radius 2 is 1.92 bits per heavy atom. The van der Waals surface area contributed by atoms with Crippen LogP contribution in [0.25, 0.3) is 21.7 Å². The normalized spacial score (nSPS) is 17.2. The average Bonchev–Trinajstić information content (AvgIpc) is 3.46. The molecule has 2 aliphatic carbocycles. The summed E-state index contributed by atoms with van der Waals surface area (Å²) < 4.78 is 44.0. The first-order valence-electron chi connectivity index (χ1n) is 12.3. The second-order valence-electron chi connectivity index (χ2n) is 10.4. The molecule has 0 spiro atoms. The monoisotopic (exact) mass is 540 g/mol. The van der Waals surface area contributed by atoms with Gasteiger partial charge in [-0.2, -0.15) is 5.10 Å². The van der Waals surface area contributed by atoms with Crippen molar-refractivity contribution in [2.75, 3.05) is 11.9 Å². The number of hydrogen-bond donors (Lipinski definition) is 4. The molecule has 10 nitrogen and oxygen atoms in total. The van der Waals surface area contributed by atoms with E-state index in [0.29, 0.717) is 24.1 Å². The van der Waals surface area contributed by atoms with Crippen LogP contribution in [0.5, 0.6) is 0 Å². The third-order valence-electron chi connectivity index (χ3n) is 6.78. The van der Waals surface area contributed by atoms with Gasteiger partial charge in [-0.05, 0) is 62.8 Å². The molecule has 1 saturated carbocycles. The van der Waals surface area contributed by atoms with E-state index in [1.54, 1.807) is 24.8 Å². The van der Waals surface area contributed by atoms with Gasteiger partial charge in [-0.1, -0.05) is 0 Å². The number of fused-ring (bicyclic) bond motifs is 3. The van der Waals surface area contributed by atoms with Gasteiger partial charge in [0.1, 0.15) is 5.67 Å². The highest BCUT2D eigenvalue weighted by atomic mass is 32.2. The lowest BCUT2D eigenvalue weighted by molar-refractivity contribution is -0.122. The zero-order valence-corrected chi connectivity index (χ0v) is 21.8. The van der Waals surface area contributed by atoms with Gasteiger partial charge in [0, 0.05) is 46.6 Å². The van der Waals surface area contributed by atoms with Gasteiger partial charge >= 0.3 is 0 Å². The van der Waals surface area contributed by atoms with Crippen molar-refractivity contribution in [2.24, 2.45) is 0 Å². The lowest BCUT2D eigenvalue weighted by atomic mass is 10.0. The number of nitrogens with one attached hydrogen (secondary N) is 3. The summed E-state index contributed by atoms with van der Waals surface area (Å²) in [5, 5.41) is 19.8. The molecule has 6 rings (SSSR count). The highest BCUT2D eigenvalue weighted by Crippen LogP contribution is 2.42. The number of anilines is 1. The molecule has 4 N–H and O–H groups in total. The van der Waals surface area contributed by atoms with E-state index in [2.05, 4.69) is 30.2 Å². The zero-order chi connectivity index (χ0) is 27.1. The molecule has 200 valence electrons. The van der Waals surface area contributed by atoms with Crippen LogP contribution in [0.2, 0.25) is 0 Å². The quantitative estimate of drug-likeness (QED) is 0.259. The minimum absolute atomic E-state index is 0.0217. The van der Waals surface area contributed by atoms with Crippen molar-refractivity contribution in [3.8, 4) is 0 Å². The largest absolute Gasteiger partial charge is 0.483 e. The van der Waals surface area contributed by atoms with Gasteiger partial charge in [-0.3, -0.25) is 19.9 Å². The summed E-state index contributed by atoms with van der Waals surface area (Å²) in [7, 11) is -3.96. The summed E-state index contributed by atoms with van der Waals surface area (Å²) in [6.45, 7) is 2.18. The second kappa shape index (κ2) is 9.91. The number of benzene rings is 1. The molecule has 0 radical (unpaired) electrons. The Hall–Kier alpha value is -3.64. The Morgan fingerprint density at radius 3 is 2.63 bits per heavy atom. The zero-order valence-electron chi connectivity index (χ0n) is 21.0. The lowest BCUT2D eigenvalue weighted by Crippen LogP contribution is -2.36. The Bertz CT molecular complexity index is 1610.